The summed E-state index contributed by atoms with van der Waals surface area (Å²) in [5.74, 6) is 2.45. The normalized spacial score (nSPS) is 16.1. The Balaban J connectivity index is 1.34. The van der Waals surface area contributed by atoms with E-state index in [0.717, 1.165) is 66.1 Å². The first-order valence-corrected chi connectivity index (χ1v) is 10.5. The van der Waals surface area contributed by atoms with Crippen molar-refractivity contribution in [1.29, 1.82) is 0 Å². The van der Waals surface area contributed by atoms with Crippen molar-refractivity contribution in [2.24, 2.45) is 4.99 Å². The molecule has 3 aromatic rings. The predicted octanol–water partition coefficient (Wildman–Crippen LogP) is 3.75. The van der Waals surface area contributed by atoms with Crippen LogP contribution >= 0.6 is 0 Å². The van der Waals surface area contributed by atoms with Crippen LogP contribution in [0.5, 0.6) is 5.75 Å². The molecule has 0 spiro atoms. The standard InChI is InChI=1S/C24H23N5O2/c1-30-20-5-3-16-12-29(13-18(16)9-20)24-27-22-6-7-31-14-21(22)23(28-24)26-19-4-2-15-10-25-11-17(15)8-19/h2-5,8-9,11H,6-7,10,12-14H2,1H3,(H,26,27,28). The topological polar surface area (TPSA) is 71.9 Å². The van der Waals surface area contributed by atoms with Crippen molar-refractivity contribution < 1.29 is 9.47 Å². The molecule has 3 aliphatic rings. The van der Waals surface area contributed by atoms with Crippen molar-refractivity contribution in [3.63, 3.8) is 0 Å². The zero-order chi connectivity index (χ0) is 20.8. The molecule has 0 unspecified atom stereocenters. The van der Waals surface area contributed by atoms with Gasteiger partial charge in [0.2, 0.25) is 5.95 Å². The van der Waals surface area contributed by atoms with Gasteiger partial charge in [-0.1, -0.05) is 12.1 Å². The summed E-state index contributed by atoms with van der Waals surface area (Å²) in [6.45, 7) is 3.55. The Kier molecular flexibility index (Phi) is 4.35. The molecule has 0 saturated heterocycles. The third kappa shape index (κ3) is 3.31. The van der Waals surface area contributed by atoms with Crippen LogP contribution in [-0.4, -0.2) is 29.9 Å². The summed E-state index contributed by atoms with van der Waals surface area (Å²) >= 11 is 0. The molecule has 0 amide bonds. The van der Waals surface area contributed by atoms with E-state index in [2.05, 4.69) is 45.5 Å². The fourth-order valence-electron chi connectivity index (χ4n) is 4.42. The highest BCUT2D eigenvalue weighted by Crippen LogP contribution is 2.33. The number of rotatable bonds is 4. The largest absolute Gasteiger partial charge is 0.497 e. The Labute approximate surface area is 180 Å². The van der Waals surface area contributed by atoms with E-state index in [-0.39, 0.29) is 0 Å². The van der Waals surface area contributed by atoms with Gasteiger partial charge in [0.1, 0.15) is 11.6 Å². The average Bonchev–Trinajstić information content (AvgIpc) is 3.45. The second-order valence-electron chi connectivity index (χ2n) is 8.10. The minimum Gasteiger partial charge on any atom is -0.497 e. The number of anilines is 3. The lowest BCUT2D eigenvalue weighted by molar-refractivity contribution is 0.109. The van der Waals surface area contributed by atoms with Gasteiger partial charge in [0.25, 0.3) is 0 Å². The smallest absolute Gasteiger partial charge is 0.228 e. The number of nitrogens with one attached hydrogen (secondary N) is 1. The molecule has 0 bridgehead atoms. The third-order valence-corrected chi connectivity index (χ3v) is 6.13. The van der Waals surface area contributed by atoms with Gasteiger partial charge >= 0.3 is 0 Å². The lowest BCUT2D eigenvalue weighted by Crippen LogP contribution is -2.22. The summed E-state index contributed by atoms with van der Waals surface area (Å²) < 4.78 is 11.1. The number of fused-ring (bicyclic) bond motifs is 3. The fraction of sp³-hybridized carbons (Fsp3) is 0.292. The van der Waals surface area contributed by atoms with E-state index in [9.17, 15) is 0 Å². The van der Waals surface area contributed by atoms with Gasteiger partial charge in [-0.3, -0.25) is 4.99 Å². The molecule has 7 nitrogen and oxygen atoms in total. The Morgan fingerprint density at radius 1 is 1.03 bits per heavy atom. The van der Waals surface area contributed by atoms with Gasteiger partial charge in [-0.05, 0) is 46.5 Å². The SMILES string of the molecule is COc1ccc2c(c1)CN(c1nc3c(c(Nc4ccc5c(c4)C=NC5)n1)COCC3)C2. The van der Waals surface area contributed by atoms with E-state index in [4.69, 9.17) is 19.4 Å². The highest BCUT2D eigenvalue weighted by atomic mass is 16.5. The molecule has 3 aliphatic heterocycles. The highest BCUT2D eigenvalue weighted by molar-refractivity contribution is 5.86. The van der Waals surface area contributed by atoms with Crippen LogP contribution in [0.3, 0.4) is 0 Å². The molecule has 1 N–H and O–H groups in total. The minimum atomic E-state index is 0.530. The van der Waals surface area contributed by atoms with E-state index in [1.165, 1.54) is 16.7 Å². The van der Waals surface area contributed by atoms with Gasteiger partial charge in [0, 0.05) is 37.0 Å². The molecule has 156 valence electrons. The molecule has 0 saturated carbocycles. The van der Waals surface area contributed by atoms with Crippen molar-refractivity contribution >= 4 is 23.7 Å². The van der Waals surface area contributed by atoms with Crippen LogP contribution in [0.1, 0.15) is 33.5 Å². The first kappa shape index (κ1) is 18.3. The second-order valence-corrected chi connectivity index (χ2v) is 8.10. The van der Waals surface area contributed by atoms with Crippen LogP contribution in [-0.2, 0) is 37.4 Å². The number of hydrogen-bond acceptors (Lipinski definition) is 7. The number of aliphatic imine (C=N–C) groups is 1. The van der Waals surface area contributed by atoms with E-state index in [1.807, 2.05) is 12.3 Å². The lowest BCUT2D eigenvalue weighted by Gasteiger charge is -2.23. The molecule has 0 atom stereocenters. The first-order chi connectivity index (χ1) is 15.3. The molecule has 7 heteroatoms. The molecule has 0 aliphatic carbocycles. The Bertz CT molecular complexity index is 1210. The van der Waals surface area contributed by atoms with Gasteiger partial charge in [0.05, 0.1) is 32.6 Å². The summed E-state index contributed by atoms with van der Waals surface area (Å²) in [5.41, 5.74) is 8.07. The average molecular weight is 413 g/mol. The maximum atomic E-state index is 5.72. The van der Waals surface area contributed by atoms with E-state index in [1.54, 1.807) is 7.11 Å². The van der Waals surface area contributed by atoms with Gasteiger partial charge < -0.3 is 19.7 Å². The molecule has 4 heterocycles. The molecular formula is C24H23N5O2. The molecule has 6 rings (SSSR count). The molecule has 1 aromatic heterocycles. The summed E-state index contributed by atoms with van der Waals surface area (Å²) in [4.78, 5) is 16.4. The summed E-state index contributed by atoms with van der Waals surface area (Å²) in [6.07, 6.45) is 2.73. The Morgan fingerprint density at radius 3 is 2.87 bits per heavy atom. The number of benzene rings is 2. The highest BCUT2D eigenvalue weighted by Gasteiger charge is 2.25. The van der Waals surface area contributed by atoms with Crippen molar-refractivity contribution in [3.8, 4) is 5.75 Å². The van der Waals surface area contributed by atoms with Crippen LogP contribution in [0.15, 0.2) is 41.4 Å². The quantitative estimate of drug-likeness (QED) is 0.702. The Morgan fingerprint density at radius 2 is 1.94 bits per heavy atom. The van der Waals surface area contributed by atoms with Crippen molar-refractivity contribution in [2.45, 2.75) is 32.7 Å². The number of aromatic nitrogens is 2. The molecule has 31 heavy (non-hydrogen) atoms. The number of methoxy groups -OCH3 is 1. The van der Waals surface area contributed by atoms with Gasteiger partial charge in [-0.2, -0.15) is 4.98 Å². The summed E-state index contributed by atoms with van der Waals surface area (Å²) in [5, 5.41) is 3.53. The second kappa shape index (κ2) is 7.35. The molecular weight excluding hydrogens is 390 g/mol. The summed E-state index contributed by atoms with van der Waals surface area (Å²) in [7, 11) is 1.70. The maximum Gasteiger partial charge on any atom is 0.228 e. The number of nitrogens with zero attached hydrogens (tertiary/aromatic N) is 4. The van der Waals surface area contributed by atoms with Gasteiger partial charge in [0.15, 0.2) is 0 Å². The van der Waals surface area contributed by atoms with Crippen molar-refractivity contribution in [1.82, 2.24) is 9.97 Å². The monoisotopic (exact) mass is 413 g/mol. The minimum absolute atomic E-state index is 0.530. The third-order valence-electron chi connectivity index (χ3n) is 6.13. The number of hydrogen-bond donors (Lipinski definition) is 1. The molecule has 2 aromatic carbocycles. The lowest BCUT2D eigenvalue weighted by atomic mass is 10.1. The predicted molar refractivity (Wildman–Crippen MR) is 119 cm³/mol. The van der Waals surface area contributed by atoms with E-state index >= 15 is 0 Å². The molecule has 0 radical (unpaired) electrons. The Hall–Kier alpha value is -3.45. The van der Waals surface area contributed by atoms with Crippen LogP contribution < -0.4 is 15.0 Å². The van der Waals surface area contributed by atoms with Crippen LogP contribution in [0.2, 0.25) is 0 Å². The summed E-state index contributed by atoms with van der Waals surface area (Å²) in [6, 6.07) is 12.6. The van der Waals surface area contributed by atoms with Crippen LogP contribution in [0.25, 0.3) is 0 Å². The zero-order valence-corrected chi connectivity index (χ0v) is 17.4. The van der Waals surface area contributed by atoms with Crippen molar-refractivity contribution in [3.05, 3.63) is 69.9 Å². The zero-order valence-electron chi connectivity index (χ0n) is 17.4. The fourth-order valence-corrected chi connectivity index (χ4v) is 4.42. The van der Waals surface area contributed by atoms with Crippen LogP contribution in [0.4, 0.5) is 17.5 Å². The first-order valence-electron chi connectivity index (χ1n) is 10.5. The number of ether oxygens (including phenoxy) is 2. The van der Waals surface area contributed by atoms with E-state index < -0.39 is 0 Å². The molecule has 0 fully saturated rings. The van der Waals surface area contributed by atoms with Gasteiger partial charge in [-0.25, -0.2) is 4.98 Å². The van der Waals surface area contributed by atoms with Gasteiger partial charge in [-0.15, -0.1) is 0 Å². The maximum absolute atomic E-state index is 5.72. The van der Waals surface area contributed by atoms with Crippen LogP contribution in [0, 0.1) is 0 Å². The van der Waals surface area contributed by atoms with E-state index in [0.29, 0.717) is 13.2 Å². The van der Waals surface area contributed by atoms with Crippen molar-refractivity contribution in [2.75, 3.05) is 23.9 Å².